The number of nitrogens with zero attached hydrogens (tertiary/aromatic N) is 2. The van der Waals surface area contributed by atoms with Crippen LogP contribution in [0, 0.1) is 23.5 Å². The van der Waals surface area contributed by atoms with Crippen molar-refractivity contribution in [3.8, 4) is 11.8 Å². The van der Waals surface area contributed by atoms with Crippen molar-refractivity contribution in [1.82, 2.24) is 9.47 Å². The van der Waals surface area contributed by atoms with E-state index in [1.165, 1.54) is 49.1 Å². The maximum atomic E-state index is 13.7. The number of benzene rings is 2. The van der Waals surface area contributed by atoms with Gasteiger partial charge in [-0.1, -0.05) is 42.7 Å². The van der Waals surface area contributed by atoms with Crippen LogP contribution in [-0.4, -0.2) is 39.3 Å². The van der Waals surface area contributed by atoms with Crippen molar-refractivity contribution >= 4 is 5.57 Å². The van der Waals surface area contributed by atoms with Gasteiger partial charge in [-0.3, -0.25) is 4.57 Å². The van der Waals surface area contributed by atoms with E-state index in [-0.39, 0.29) is 11.6 Å². The average molecular weight is 559 g/mol. The summed E-state index contributed by atoms with van der Waals surface area (Å²) in [6.07, 6.45) is 9.99. The summed E-state index contributed by atoms with van der Waals surface area (Å²) < 4.78 is 29.3. The number of likely N-dealkylation sites (tertiary alicyclic amines) is 1. The largest absolute Gasteiger partial charge is 0.494 e. The fraction of sp³-hybridized carbons (Fsp3) is 0.486. The number of hydrogen-bond acceptors (Lipinski definition) is 3. The number of piperidine rings is 1. The standard InChI is InChI=1S/C35H40F2N2O2/c36-29-11-7-22(8-12-29)31(23-9-13-30(37)14-10-23)24-15-17-38(18-16-24)20-27-3-1-2-4-28(27)21-39-34(40)32-25-5-6-26(19-25)33(32)35(39)41/h7-14,25-28,40-41H,1-6,15-21H2. The summed E-state index contributed by atoms with van der Waals surface area (Å²) in [5, 5.41) is 22.3. The van der Waals surface area contributed by atoms with Crippen molar-refractivity contribution in [2.75, 3.05) is 19.6 Å². The van der Waals surface area contributed by atoms with Crippen molar-refractivity contribution < 1.29 is 19.0 Å². The highest BCUT2D eigenvalue weighted by Crippen LogP contribution is 2.60. The van der Waals surface area contributed by atoms with E-state index in [4.69, 9.17) is 0 Å². The first-order valence-corrected chi connectivity index (χ1v) is 15.6. The van der Waals surface area contributed by atoms with Gasteiger partial charge in [0.2, 0.25) is 0 Å². The second kappa shape index (κ2) is 10.9. The Morgan fingerprint density at radius 1 is 0.683 bits per heavy atom. The van der Waals surface area contributed by atoms with E-state index in [9.17, 15) is 19.0 Å². The molecule has 2 saturated carbocycles. The first kappa shape index (κ1) is 26.8. The molecule has 4 unspecified atom stereocenters. The Morgan fingerprint density at radius 3 is 1.68 bits per heavy atom. The molecule has 6 heteroatoms. The van der Waals surface area contributed by atoms with Crippen molar-refractivity contribution in [3.05, 3.63) is 88.0 Å². The minimum atomic E-state index is -0.257. The Kier molecular flexibility index (Phi) is 7.14. The van der Waals surface area contributed by atoms with E-state index in [1.807, 2.05) is 28.8 Å². The Bertz CT molecular complexity index is 1350. The van der Waals surface area contributed by atoms with Gasteiger partial charge in [-0.2, -0.15) is 0 Å². The quantitative estimate of drug-likeness (QED) is 0.323. The molecular formula is C35H40F2N2O2. The van der Waals surface area contributed by atoms with Crippen LogP contribution in [0.4, 0.5) is 8.78 Å². The van der Waals surface area contributed by atoms with E-state index in [2.05, 4.69) is 4.90 Å². The zero-order valence-corrected chi connectivity index (χ0v) is 23.7. The summed E-state index contributed by atoms with van der Waals surface area (Å²) in [4.78, 5) is 2.58. The molecule has 3 fully saturated rings. The highest BCUT2D eigenvalue weighted by Gasteiger charge is 2.44. The molecule has 0 radical (unpaired) electrons. The first-order valence-electron chi connectivity index (χ1n) is 15.6. The molecule has 1 aliphatic heterocycles. The van der Waals surface area contributed by atoms with Crippen LogP contribution in [0.25, 0.3) is 5.57 Å². The number of aromatic nitrogens is 1. The van der Waals surface area contributed by atoms with E-state index in [0.717, 1.165) is 86.0 Å². The second-order valence-electron chi connectivity index (χ2n) is 12.9. The molecule has 2 aromatic carbocycles. The Balaban J connectivity index is 1.07. The Morgan fingerprint density at radius 2 is 1.17 bits per heavy atom. The van der Waals surface area contributed by atoms with Gasteiger partial charge < -0.3 is 15.1 Å². The highest BCUT2D eigenvalue weighted by molar-refractivity contribution is 5.82. The van der Waals surface area contributed by atoms with Crippen molar-refractivity contribution in [2.45, 2.75) is 76.2 Å². The van der Waals surface area contributed by atoms with Crippen LogP contribution in [-0.2, 0) is 6.54 Å². The lowest BCUT2D eigenvalue weighted by Crippen LogP contribution is -2.39. The number of fused-ring (bicyclic) bond motifs is 5. The van der Waals surface area contributed by atoms with Gasteiger partial charge in [-0.25, -0.2) is 8.78 Å². The zero-order chi connectivity index (χ0) is 28.1. The predicted molar refractivity (Wildman–Crippen MR) is 157 cm³/mol. The van der Waals surface area contributed by atoms with Crippen LogP contribution in [0.2, 0.25) is 0 Å². The number of hydrogen-bond donors (Lipinski definition) is 2. The third-order valence-electron chi connectivity index (χ3n) is 10.6. The maximum Gasteiger partial charge on any atom is 0.197 e. The summed E-state index contributed by atoms with van der Waals surface area (Å²) in [5.41, 5.74) is 6.46. The third kappa shape index (κ3) is 4.98. The lowest BCUT2D eigenvalue weighted by atomic mass is 9.78. The minimum absolute atomic E-state index is 0.257. The van der Waals surface area contributed by atoms with E-state index < -0.39 is 0 Å². The third-order valence-corrected chi connectivity index (χ3v) is 10.6. The summed E-state index contributed by atoms with van der Waals surface area (Å²) in [6, 6.07) is 13.3. The number of aromatic hydroxyl groups is 2. The van der Waals surface area contributed by atoms with Gasteiger partial charge in [0, 0.05) is 37.3 Å². The van der Waals surface area contributed by atoms with Gasteiger partial charge in [0.1, 0.15) is 11.6 Å². The van der Waals surface area contributed by atoms with Gasteiger partial charge in [-0.15, -0.1) is 0 Å². The Labute approximate surface area is 241 Å². The molecule has 3 aromatic rings. The fourth-order valence-electron chi connectivity index (χ4n) is 8.51. The molecule has 2 heterocycles. The normalized spacial score (nSPS) is 26.0. The van der Waals surface area contributed by atoms with Gasteiger partial charge in [0.15, 0.2) is 11.8 Å². The second-order valence-corrected chi connectivity index (χ2v) is 12.9. The smallest absolute Gasteiger partial charge is 0.197 e. The lowest BCUT2D eigenvalue weighted by molar-refractivity contribution is 0.129. The van der Waals surface area contributed by atoms with Crippen molar-refractivity contribution in [1.29, 1.82) is 0 Å². The highest BCUT2D eigenvalue weighted by atomic mass is 19.1. The molecule has 4 aliphatic rings. The molecule has 0 amide bonds. The maximum absolute atomic E-state index is 13.7. The molecule has 7 rings (SSSR count). The topological polar surface area (TPSA) is 48.6 Å². The van der Waals surface area contributed by atoms with Crippen LogP contribution in [0.5, 0.6) is 11.8 Å². The molecule has 3 aliphatic carbocycles. The van der Waals surface area contributed by atoms with E-state index >= 15 is 0 Å². The number of halogens is 2. The molecule has 2 N–H and O–H groups in total. The molecule has 4 nitrogen and oxygen atoms in total. The van der Waals surface area contributed by atoms with Crippen molar-refractivity contribution in [3.63, 3.8) is 0 Å². The summed E-state index contributed by atoms with van der Waals surface area (Å²) in [6.45, 7) is 3.66. The van der Waals surface area contributed by atoms with Crippen LogP contribution >= 0.6 is 0 Å². The molecular weight excluding hydrogens is 518 g/mol. The van der Waals surface area contributed by atoms with E-state index in [0.29, 0.717) is 42.0 Å². The number of rotatable bonds is 6. The van der Waals surface area contributed by atoms with Crippen LogP contribution in [0.1, 0.15) is 91.9 Å². The predicted octanol–water partition coefficient (Wildman–Crippen LogP) is 7.95. The molecule has 0 spiro atoms. The Hall–Kier alpha value is -3.12. The molecule has 4 atom stereocenters. The lowest BCUT2D eigenvalue weighted by Gasteiger charge is -2.38. The van der Waals surface area contributed by atoms with Crippen LogP contribution < -0.4 is 0 Å². The van der Waals surface area contributed by atoms with Crippen LogP contribution in [0.3, 0.4) is 0 Å². The molecule has 41 heavy (non-hydrogen) atoms. The van der Waals surface area contributed by atoms with Gasteiger partial charge in [0.05, 0.1) is 0 Å². The van der Waals surface area contributed by atoms with Gasteiger partial charge >= 0.3 is 0 Å². The fourth-order valence-corrected chi connectivity index (χ4v) is 8.51. The summed E-state index contributed by atoms with van der Waals surface area (Å²) in [5.74, 6) is 1.98. The molecule has 216 valence electrons. The molecule has 2 bridgehead atoms. The zero-order valence-electron chi connectivity index (χ0n) is 23.7. The monoisotopic (exact) mass is 558 g/mol. The minimum Gasteiger partial charge on any atom is -0.494 e. The SMILES string of the molecule is Oc1c2c(c(O)n1CC1CCCCC1CN1CCC(=C(c3ccc(F)cc3)c3ccc(F)cc3)CC1)C1CCC2C1. The van der Waals surface area contributed by atoms with E-state index in [1.54, 1.807) is 0 Å². The first-order chi connectivity index (χ1) is 20.0. The van der Waals surface area contributed by atoms with Crippen molar-refractivity contribution in [2.24, 2.45) is 11.8 Å². The molecule has 1 saturated heterocycles. The van der Waals surface area contributed by atoms with Gasteiger partial charge in [0.25, 0.3) is 0 Å². The summed E-state index contributed by atoms with van der Waals surface area (Å²) in [7, 11) is 0. The van der Waals surface area contributed by atoms with Crippen LogP contribution in [0.15, 0.2) is 54.1 Å². The molecule has 1 aromatic heterocycles. The summed E-state index contributed by atoms with van der Waals surface area (Å²) >= 11 is 0. The average Bonchev–Trinajstić information content (AvgIpc) is 3.67. The van der Waals surface area contributed by atoms with Gasteiger partial charge in [-0.05, 0) is 110 Å².